The Bertz CT molecular complexity index is 640. The molecule has 0 fully saturated rings. The number of hydrogen-bond acceptors (Lipinski definition) is 5. The standard InChI is InChI=1S/C12H16N6/c1-12(2)4-6-5-15-11(14)16-8(6)9-7(12)10(13)17-18(9)3/h5H,4H2,1-3H3,(H2,13,17)(H2,14,15,16). The van der Waals surface area contributed by atoms with E-state index in [1.165, 1.54) is 0 Å². The smallest absolute Gasteiger partial charge is 0.220 e. The van der Waals surface area contributed by atoms with Gasteiger partial charge in [0.1, 0.15) is 5.82 Å². The lowest BCUT2D eigenvalue weighted by Gasteiger charge is -2.31. The number of fused-ring (bicyclic) bond motifs is 3. The van der Waals surface area contributed by atoms with Crippen LogP contribution in [0.5, 0.6) is 0 Å². The van der Waals surface area contributed by atoms with Gasteiger partial charge in [0.05, 0.1) is 11.4 Å². The highest BCUT2D eigenvalue weighted by molar-refractivity contribution is 5.73. The Morgan fingerprint density at radius 3 is 2.78 bits per heavy atom. The van der Waals surface area contributed by atoms with Gasteiger partial charge in [0, 0.05) is 18.8 Å². The van der Waals surface area contributed by atoms with Gasteiger partial charge in [-0.1, -0.05) is 13.8 Å². The first-order chi connectivity index (χ1) is 8.40. The Labute approximate surface area is 105 Å². The van der Waals surface area contributed by atoms with Gasteiger partial charge in [-0.2, -0.15) is 5.10 Å². The minimum atomic E-state index is -0.0693. The van der Waals surface area contributed by atoms with Crippen LogP contribution in [-0.4, -0.2) is 19.7 Å². The quantitative estimate of drug-likeness (QED) is 0.717. The first-order valence-corrected chi connectivity index (χ1v) is 5.85. The fourth-order valence-corrected chi connectivity index (χ4v) is 2.80. The number of aromatic nitrogens is 4. The summed E-state index contributed by atoms with van der Waals surface area (Å²) in [5, 5.41) is 4.31. The molecule has 2 aromatic heterocycles. The van der Waals surface area contributed by atoms with Gasteiger partial charge < -0.3 is 11.5 Å². The number of anilines is 2. The monoisotopic (exact) mass is 244 g/mol. The maximum absolute atomic E-state index is 6.03. The lowest BCUT2D eigenvalue weighted by atomic mass is 9.74. The molecule has 0 atom stereocenters. The first kappa shape index (κ1) is 11.0. The molecule has 0 radical (unpaired) electrons. The van der Waals surface area contributed by atoms with Gasteiger partial charge in [0.2, 0.25) is 5.95 Å². The molecule has 0 amide bonds. The summed E-state index contributed by atoms with van der Waals surface area (Å²) in [6, 6.07) is 0. The zero-order valence-corrected chi connectivity index (χ0v) is 10.7. The van der Waals surface area contributed by atoms with Crippen LogP contribution >= 0.6 is 0 Å². The van der Waals surface area contributed by atoms with Crippen molar-refractivity contribution >= 4 is 11.8 Å². The van der Waals surface area contributed by atoms with Gasteiger partial charge in [-0.15, -0.1) is 0 Å². The molecule has 1 aliphatic carbocycles. The molecule has 0 bridgehead atoms. The molecule has 0 unspecified atom stereocenters. The highest BCUT2D eigenvalue weighted by Crippen LogP contribution is 2.44. The zero-order chi connectivity index (χ0) is 13.1. The van der Waals surface area contributed by atoms with E-state index in [-0.39, 0.29) is 11.4 Å². The lowest BCUT2D eigenvalue weighted by Crippen LogP contribution is -2.27. The van der Waals surface area contributed by atoms with Crippen LogP contribution < -0.4 is 11.5 Å². The summed E-state index contributed by atoms with van der Waals surface area (Å²) in [5.41, 5.74) is 15.6. The van der Waals surface area contributed by atoms with Gasteiger partial charge in [-0.25, -0.2) is 9.97 Å². The predicted molar refractivity (Wildman–Crippen MR) is 69.8 cm³/mol. The summed E-state index contributed by atoms with van der Waals surface area (Å²) in [6.07, 6.45) is 2.64. The highest BCUT2D eigenvalue weighted by atomic mass is 15.3. The fourth-order valence-electron chi connectivity index (χ4n) is 2.80. The molecule has 2 aromatic rings. The van der Waals surface area contributed by atoms with Crippen molar-refractivity contribution in [3.63, 3.8) is 0 Å². The van der Waals surface area contributed by atoms with E-state index in [2.05, 4.69) is 28.9 Å². The summed E-state index contributed by atoms with van der Waals surface area (Å²) in [4.78, 5) is 8.42. The fraction of sp³-hybridized carbons (Fsp3) is 0.417. The van der Waals surface area contributed by atoms with E-state index in [1.54, 1.807) is 10.9 Å². The molecule has 0 saturated carbocycles. The van der Waals surface area contributed by atoms with E-state index in [0.717, 1.165) is 28.9 Å². The molecule has 3 rings (SSSR count). The van der Waals surface area contributed by atoms with Gasteiger partial charge in [-0.05, 0) is 17.4 Å². The average Bonchev–Trinajstić information content (AvgIpc) is 2.56. The van der Waals surface area contributed by atoms with Crippen LogP contribution in [-0.2, 0) is 18.9 Å². The van der Waals surface area contributed by atoms with E-state index < -0.39 is 0 Å². The molecule has 0 aliphatic heterocycles. The number of hydrogen-bond donors (Lipinski definition) is 2. The van der Waals surface area contributed by atoms with Crippen molar-refractivity contribution in [3.05, 3.63) is 17.3 Å². The van der Waals surface area contributed by atoms with Crippen LogP contribution in [0.2, 0.25) is 0 Å². The van der Waals surface area contributed by atoms with Crippen LogP contribution in [0.15, 0.2) is 6.20 Å². The van der Waals surface area contributed by atoms with Gasteiger partial charge in [-0.3, -0.25) is 4.68 Å². The van der Waals surface area contributed by atoms with Crippen LogP contribution in [0.3, 0.4) is 0 Å². The highest BCUT2D eigenvalue weighted by Gasteiger charge is 2.37. The van der Waals surface area contributed by atoms with Crippen molar-refractivity contribution in [2.45, 2.75) is 25.7 Å². The average molecular weight is 244 g/mol. The molecule has 2 heterocycles. The van der Waals surface area contributed by atoms with Crippen molar-refractivity contribution in [1.29, 1.82) is 0 Å². The molecule has 0 saturated heterocycles. The van der Waals surface area contributed by atoms with Crippen LogP contribution in [0.1, 0.15) is 25.0 Å². The Kier molecular flexibility index (Phi) is 1.97. The van der Waals surface area contributed by atoms with E-state index in [0.29, 0.717) is 5.82 Å². The SMILES string of the molecule is Cn1nc(N)c2c1-c1nc(N)ncc1CC2(C)C. The molecule has 0 spiro atoms. The van der Waals surface area contributed by atoms with Crippen LogP contribution in [0, 0.1) is 0 Å². The molecule has 1 aliphatic rings. The minimum absolute atomic E-state index is 0.0693. The Balaban J connectivity index is 2.39. The number of nitrogen functional groups attached to an aromatic ring is 2. The lowest BCUT2D eigenvalue weighted by molar-refractivity contribution is 0.515. The Morgan fingerprint density at radius 2 is 2.06 bits per heavy atom. The van der Waals surface area contributed by atoms with Crippen molar-refractivity contribution in [1.82, 2.24) is 19.7 Å². The van der Waals surface area contributed by atoms with E-state index >= 15 is 0 Å². The summed E-state index contributed by atoms with van der Waals surface area (Å²) in [7, 11) is 1.87. The van der Waals surface area contributed by atoms with E-state index in [1.807, 2.05) is 7.05 Å². The van der Waals surface area contributed by atoms with E-state index in [9.17, 15) is 0 Å². The molecule has 0 aromatic carbocycles. The largest absolute Gasteiger partial charge is 0.382 e. The van der Waals surface area contributed by atoms with Gasteiger partial charge >= 0.3 is 0 Å². The van der Waals surface area contributed by atoms with Crippen LogP contribution in [0.25, 0.3) is 11.4 Å². The number of nitrogens with zero attached hydrogens (tertiary/aromatic N) is 4. The maximum atomic E-state index is 6.03. The van der Waals surface area contributed by atoms with Crippen molar-refractivity contribution in [2.24, 2.45) is 7.05 Å². The summed E-state index contributed by atoms with van der Waals surface area (Å²) in [5.74, 6) is 0.847. The van der Waals surface area contributed by atoms with Crippen molar-refractivity contribution in [3.8, 4) is 11.4 Å². The summed E-state index contributed by atoms with van der Waals surface area (Å²) < 4.78 is 1.77. The Morgan fingerprint density at radius 1 is 1.33 bits per heavy atom. The number of nitrogens with two attached hydrogens (primary N) is 2. The zero-order valence-electron chi connectivity index (χ0n) is 10.7. The number of rotatable bonds is 0. The van der Waals surface area contributed by atoms with Crippen molar-refractivity contribution < 1.29 is 0 Å². The second kappa shape index (κ2) is 3.22. The second-order valence-electron chi connectivity index (χ2n) is 5.40. The molecule has 18 heavy (non-hydrogen) atoms. The maximum Gasteiger partial charge on any atom is 0.220 e. The Hall–Kier alpha value is -2.11. The summed E-state index contributed by atoms with van der Waals surface area (Å²) >= 11 is 0. The minimum Gasteiger partial charge on any atom is -0.382 e. The molecule has 6 nitrogen and oxygen atoms in total. The number of aryl methyl sites for hydroxylation is 1. The van der Waals surface area contributed by atoms with Crippen LogP contribution in [0.4, 0.5) is 11.8 Å². The normalized spacial score (nSPS) is 16.2. The predicted octanol–water partition coefficient (Wildman–Crippen LogP) is 0.875. The van der Waals surface area contributed by atoms with Crippen molar-refractivity contribution in [2.75, 3.05) is 11.5 Å². The first-order valence-electron chi connectivity index (χ1n) is 5.85. The molecule has 6 heteroatoms. The van der Waals surface area contributed by atoms with Gasteiger partial charge in [0.25, 0.3) is 0 Å². The third-order valence-corrected chi connectivity index (χ3v) is 3.49. The third kappa shape index (κ3) is 1.32. The molecule has 4 N–H and O–H groups in total. The topological polar surface area (TPSA) is 95.6 Å². The molecular formula is C12H16N6. The van der Waals surface area contributed by atoms with Gasteiger partial charge in [0.15, 0.2) is 0 Å². The molecule has 94 valence electrons. The third-order valence-electron chi connectivity index (χ3n) is 3.49. The van der Waals surface area contributed by atoms with E-state index in [4.69, 9.17) is 11.5 Å². The second-order valence-corrected chi connectivity index (χ2v) is 5.40. The summed E-state index contributed by atoms with van der Waals surface area (Å²) in [6.45, 7) is 4.31. The molecular weight excluding hydrogens is 228 g/mol.